The number of benzene rings is 2. The topological polar surface area (TPSA) is 82.0 Å². The molecule has 0 bridgehead atoms. The number of hydrogen-bond donors (Lipinski definition) is 2. The van der Waals surface area contributed by atoms with Gasteiger partial charge in [-0.05, 0) is 29.8 Å². The SMILES string of the molecule is CN(/N=C/c1ccc(C(=O)NO)cc1)C(=O)c1ccccc1F. The van der Waals surface area contributed by atoms with Crippen molar-refractivity contribution in [2.24, 2.45) is 5.10 Å². The predicted octanol–water partition coefficient (Wildman–Crippen LogP) is 2.05. The Hall–Kier alpha value is -3.06. The molecule has 118 valence electrons. The summed E-state index contributed by atoms with van der Waals surface area (Å²) in [6.07, 6.45) is 1.40. The van der Waals surface area contributed by atoms with Crippen LogP contribution in [0.15, 0.2) is 53.6 Å². The third-order valence-electron chi connectivity index (χ3n) is 3.05. The second-order valence-electron chi connectivity index (χ2n) is 4.62. The van der Waals surface area contributed by atoms with Crippen LogP contribution < -0.4 is 5.48 Å². The minimum absolute atomic E-state index is 0.0675. The minimum atomic E-state index is -0.625. The molecule has 0 atom stereocenters. The lowest BCUT2D eigenvalue weighted by atomic mass is 10.1. The van der Waals surface area contributed by atoms with Gasteiger partial charge in [-0.1, -0.05) is 24.3 Å². The van der Waals surface area contributed by atoms with Gasteiger partial charge < -0.3 is 0 Å². The number of nitrogens with one attached hydrogen (secondary N) is 1. The Morgan fingerprint density at radius 2 is 1.83 bits per heavy atom. The van der Waals surface area contributed by atoms with Gasteiger partial charge in [-0.15, -0.1) is 0 Å². The van der Waals surface area contributed by atoms with Crippen LogP contribution in [0.1, 0.15) is 26.3 Å². The molecule has 0 aliphatic rings. The fourth-order valence-electron chi connectivity index (χ4n) is 1.80. The fourth-order valence-corrected chi connectivity index (χ4v) is 1.80. The molecule has 0 aliphatic carbocycles. The van der Waals surface area contributed by atoms with E-state index in [0.717, 1.165) is 5.01 Å². The number of carbonyl (C=O) groups excluding carboxylic acids is 2. The molecule has 0 aromatic heterocycles. The van der Waals surface area contributed by atoms with Gasteiger partial charge in [-0.3, -0.25) is 14.8 Å². The van der Waals surface area contributed by atoms with Crippen molar-refractivity contribution in [3.63, 3.8) is 0 Å². The zero-order valence-electron chi connectivity index (χ0n) is 12.2. The van der Waals surface area contributed by atoms with E-state index in [1.165, 1.54) is 49.1 Å². The molecule has 2 rings (SSSR count). The third-order valence-corrected chi connectivity index (χ3v) is 3.05. The second kappa shape index (κ2) is 7.28. The molecule has 23 heavy (non-hydrogen) atoms. The standard InChI is InChI=1S/C16H14FN3O3/c1-20(16(22)13-4-2-3-5-14(13)17)18-10-11-6-8-12(9-7-11)15(21)19-23/h2-10,23H,1H3,(H,19,21)/b18-10+. The molecule has 2 N–H and O–H groups in total. The third kappa shape index (κ3) is 3.98. The molecule has 0 unspecified atom stereocenters. The summed E-state index contributed by atoms with van der Waals surface area (Å²) < 4.78 is 13.6. The Balaban J connectivity index is 2.09. The second-order valence-corrected chi connectivity index (χ2v) is 4.62. The number of carbonyl (C=O) groups is 2. The maximum Gasteiger partial charge on any atom is 0.276 e. The van der Waals surface area contributed by atoms with E-state index in [-0.39, 0.29) is 11.1 Å². The van der Waals surface area contributed by atoms with Crippen molar-refractivity contribution in [3.05, 3.63) is 71.0 Å². The van der Waals surface area contributed by atoms with Crippen molar-refractivity contribution in [1.29, 1.82) is 0 Å². The van der Waals surface area contributed by atoms with Crippen molar-refractivity contribution in [2.45, 2.75) is 0 Å². The van der Waals surface area contributed by atoms with E-state index in [9.17, 15) is 14.0 Å². The normalized spacial score (nSPS) is 10.6. The van der Waals surface area contributed by atoms with E-state index in [4.69, 9.17) is 5.21 Å². The number of rotatable bonds is 4. The van der Waals surface area contributed by atoms with Crippen LogP contribution in [0.5, 0.6) is 0 Å². The van der Waals surface area contributed by atoms with E-state index in [2.05, 4.69) is 5.10 Å². The summed E-state index contributed by atoms with van der Waals surface area (Å²) in [7, 11) is 1.42. The highest BCUT2D eigenvalue weighted by molar-refractivity contribution is 5.95. The summed E-state index contributed by atoms with van der Waals surface area (Å²) >= 11 is 0. The fraction of sp³-hybridized carbons (Fsp3) is 0.0625. The molecule has 2 amide bonds. The summed E-state index contributed by atoms with van der Waals surface area (Å²) in [6, 6.07) is 11.8. The molecule has 7 heteroatoms. The molecule has 0 fully saturated rings. The summed E-state index contributed by atoms with van der Waals surface area (Å²) in [4.78, 5) is 23.2. The molecule has 0 radical (unpaired) electrons. The molecule has 0 saturated carbocycles. The summed E-state index contributed by atoms with van der Waals surface area (Å²) in [5.41, 5.74) is 2.37. The number of hydroxylamine groups is 1. The van der Waals surface area contributed by atoms with Crippen LogP contribution in [0, 0.1) is 5.82 Å². The first-order valence-electron chi connectivity index (χ1n) is 6.64. The summed E-state index contributed by atoms with van der Waals surface area (Å²) in [5, 5.41) is 13.5. The average molecular weight is 315 g/mol. The lowest BCUT2D eigenvalue weighted by molar-refractivity contribution is 0.0706. The molecular weight excluding hydrogens is 301 g/mol. The highest BCUT2D eigenvalue weighted by Gasteiger charge is 2.14. The van der Waals surface area contributed by atoms with E-state index in [1.807, 2.05) is 0 Å². The quantitative estimate of drug-likeness (QED) is 0.515. The van der Waals surface area contributed by atoms with Gasteiger partial charge in [0.2, 0.25) is 0 Å². The van der Waals surface area contributed by atoms with E-state index in [0.29, 0.717) is 5.56 Å². The number of halogens is 1. The van der Waals surface area contributed by atoms with Crippen LogP contribution in [0.4, 0.5) is 4.39 Å². The first-order valence-corrected chi connectivity index (χ1v) is 6.64. The Kier molecular flexibility index (Phi) is 5.16. The number of amides is 2. The Labute approximate surface area is 131 Å². The van der Waals surface area contributed by atoms with Crippen molar-refractivity contribution in [2.75, 3.05) is 7.05 Å². The van der Waals surface area contributed by atoms with Crippen LogP contribution in [0.2, 0.25) is 0 Å². The monoisotopic (exact) mass is 315 g/mol. The zero-order chi connectivity index (χ0) is 16.8. The molecule has 0 saturated heterocycles. The van der Waals surface area contributed by atoms with Crippen molar-refractivity contribution < 1.29 is 19.2 Å². The Bertz CT molecular complexity index is 744. The Morgan fingerprint density at radius 1 is 1.17 bits per heavy atom. The zero-order valence-corrected chi connectivity index (χ0v) is 12.2. The average Bonchev–Trinajstić information content (AvgIpc) is 2.59. The summed E-state index contributed by atoms with van der Waals surface area (Å²) in [5.74, 6) is -1.81. The highest BCUT2D eigenvalue weighted by Crippen LogP contribution is 2.09. The summed E-state index contributed by atoms with van der Waals surface area (Å²) in [6.45, 7) is 0. The van der Waals surface area contributed by atoms with Gasteiger partial charge in [0.1, 0.15) is 5.82 Å². The van der Waals surface area contributed by atoms with Gasteiger partial charge >= 0.3 is 0 Å². The van der Waals surface area contributed by atoms with Crippen LogP contribution in [0.25, 0.3) is 0 Å². The Morgan fingerprint density at radius 3 is 2.43 bits per heavy atom. The van der Waals surface area contributed by atoms with Crippen LogP contribution >= 0.6 is 0 Å². The number of hydrazone groups is 1. The van der Waals surface area contributed by atoms with Crippen LogP contribution in [0.3, 0.4) is 0 Å². The number of nitrogens with zero attached hydrogens (tertiary/aromatic N) is 2. The van der Waals surface area contributed by atoms with Crippen LogP contribution in [-0.2, 0) is 0 Å². The van der Waals surface area contributed by atoms with Gasteiger partial charge in [0.15, 0.2) is 0 Å². The minimum Gasteiger partial charge on any atom is -0.288 e. The van der Waals surface area contributed by atoms with Gasteiger partial charge in [0.05, 0.1) is 11.8 Å². The maximum atomic E-state index is 13.6. The van der Waals surface area contributed by atoms with Crippen LogP contribution in [-0.4, -0.2) is 35.3 Å². The number of hydrogen-bond acceptors (Lipinski definition) is 4. The van der Waals surface area contributed by atoms with Gasteiger partial charge in [0.25, 0.3) is 11.8 Å². The van der Waals surface area contributed by atoms with Gasteiger partial charge in [-0.25, -0.2) is 14.9 Å². The van der Waals surface area contributed by atoms with E-state index >= 15 is 0 Å². The molecule has 0 heterocycles. The van der Waals surface area contributed by atoms with Crippen molar-refractivity contribution in [3.8, 4) is 0 Å². The highest BCUT2D eigenvalue weighted by atomic mass is 19.1. The molecule has 2 aromatic rings. The van der Waals surface area contributed by atoms with Crippen molar-refractivity contribution >= 4 is 18.0 Å². The molecule has 6 nitrogen and oxygen atoms in total. The maximum absolute atomic E-state index is 13.6. The largest absolute Gasteiger partial charge is 0.288 e. The molecule has 2 aromatic carbocycles. The van der Waals surface area contributed by atoms with Crippen molar-refractivity contribution in [1.82, 2.24) is 10.5 Å². The molecule has 0 aliphatic heterocycles. The van der Waals surface area contributed by atoms with E-state index < -0.39 is 17.6 Å². The molecule has 0 spiro atoms. The molecular formula is C16H14FN3O3. The lowest BCUT2D eigenvalue weighted by Gasteiger charge is -2.11. The predicted molar refractivity (Wildman–Crippen MR) is 81.8 cm³/mol. The van der Waals surface area contributed by atoms with Gasteiger partial charge in [-0.2, -0.15) is 5.10 Å². The lowest BCUT2D eigenvalue weighted by Crippen LogP contribution is -2.22. The smallest absolute Gasteiger partial charge is 0.276 e. The van der Waals surface area contributed by atoms with E-state index in [1.54, 1.807) is 18.2 Å². The first kappa shape index (κ1) is 16.3. The first-order chi connectivity index (χ1) is 11.0. The van der Waals surface area contributed by atoms with Gasteiger partial charge in [0, 0.05) is 12.6 Å².